The molecule has 0 atom stereocenters. The molecule has 0 amide bonds. The summed E-state index contributed by atoms with van der Waals surface area (Å²) >= 11 is 0. The van der Waals surface area contributed by atoms with Gasteiger partial charge in [-0.05, 0) is 65.8 Å². The van der Waals surface area contributed by atoms with Crippen LogP contribution in [-0.4, -0.2) is 5.11 Å². The number of rotatable bonds is 7. The van der Waals surface area contributed by atoms with Crippen molar-refractivity contribution in [3.05, 3.63) is 77.4 Å². The van der Waals surface area contributed by atoms with E-state index in [2.05, 4.69) is 69.3 Å². The Kier molecular flexibility index (Phi) is 5.50. The predicted octanol–water partition coefficient (Wildman–Crippen LogP) is 8.01. The number of phenolic OH excluding ortho intramolecular Hbond substituents is 1. The van der Waals surface area contributed by atoms with Gasteiger partial charge in [-0.25, -0.2) is 0 Å². The fraction of sp³-hybridized carbons (Fsp3) is 0.357. The third-order valence-corrected chi connectivity index (χ3v) is 6.65. The number of aryl methyl sites for hydroxylation is 1. The van der Waals surface area contributed by atoms with Crippen molar-refractivity contribution in [3.8, 4) is 28.0 Å². The molecule has 0 saturated carbocycles. The van der Waals surface area contributed by atoms with Gasteiger partial charge in [0.15, 0.2) is 0 Å². The van der Waals surface area contributed by atoms with Crippen molar-refractivity contribution in [2.75, 3.05) is 0 Å². The predicted molar refractivity (Wildman–Crippen MR) is 124 cm³/mol. The molecule has 150 valence electrons. The van der Waals surface area contributed by atoms with Crippen LogP contribution >= 0.6 is 0 Å². The van der Waals surface area contributed by atoms with E-state index in [0.29, 0.717) is 5.75 Å². The summed E-state index contributed by atoms with van der Waals surface area (Å²) in [6.45, 7) is 6.66. The van der Waals surface area contributed by atoms with E-state index in [1.165, 1.54) is 66.3 Å². The Morgan fingerprint density at radius 2 is 1.41 bits per heavy atom. The van der Waals surface area contributed by atoms with E-state index >= 15 is 0 Å². The lowest BCUT2D eigenvalue weighted by Crippen LogP contribution is -2.25. The van der Waals surface area contributed by atoms with Gasteiger partial charge in [0.1, 0.15) is 5.75 Å². The maximum absolute atomic E-state index is 10.5. The molecule has 1 heteroatoms. The van der Waals surface area contributed by atoms with Crippen molar-refractivity contribution < 1.29 is 5.11 Å². The molecule has 0 unspecified atom stereocenters. The first-order valence-corrected chi connectivity index (χ1v) is 11.1. The molecule has 0 heterocycles. The van der Waals surface area contributed by atoms with Gasteiger partial charge < -0.3 is 5.11 Å². The minimum Gasteiger partial charge on any atom is -0.507 e. The van der Waals surface area contributed by atoms with Crippen molar-refractivity contribution >= 4 is 0 Å². The molecule has 0 aliphatic heterocycles. The molecule has 29 heavy (non-hydrogen) atoms. The van der Waals surface area contributed by atoms with E-state index in [9.17, 15) is 5.11 Å². The van der Waals surface area contributed by atoms with Crippen LogP contribution in [0, 0.1) is 6.92 Å². The SMILES string of the molecule is CCCCC1(CCCC)c2ccccc2-c2ccc(-c3cc(C)ccc3O)cc21. The van der Waals surface area contributed by atoms with E-state index in [1.807, 2.05) is 12.1 Å². The molecule has 1 nitrogen and oxygen atoms in total. The monoisotopic (exact) mass is 384 g/mol. The molecule has 0 aromatic heterocycles. The van der Waals surface area contributed by atoms with Gasteiger partial charge in [0.2, 0.25) is 0 Å². The Bertz CT molecular complexity index is 1010. The van der Waals surface area contributed by atoms with Crippen LogP contribution in [0.2, 0.25) is 0 Å². The molecule has 0 radical (unpaired) electrons. The quantitative estimate of drug-likeness (QED) is 0.437. The van der Waals surface area contributed by atoms with Gasteiger partial charge in [0.25, 0.3) is 0 Å². The second-order valence-electron chi connectivity index (χ2n) is 8.62. The zero-order valence-corrected chi connectivity index (χ0v) is 18.0. The van der Waals surface area contributed by atoms with Gasteiger partial charge in [-0.3, -0.25) is 0 Å². The highest BCUT2D eigenvalue weighted by molar-refractivity contribution is 5.84. The summed E-state index contributed by atoms with van der Waals surface area (Å²) in [7, 11) is 0. The van der Waals surface area contributed by atoms with Crippen molar-refractivity contribution in [3.63, 3.8) is 0 Å². The highest BCUT2D eigenvalue weighted by atomic mass is 16.3. The molecule has 3 aromatic carbocycles. The van der Waals surface area contributed by atoms with Crippen LogP contribution in [-0.2, 0) is 5.41 Å². The number of unbranched alkanes of at least 4 members (excludes halogenated alkanes) is 2. The minimum absolute atomic E-state index is 0.0907. The normalized spacial score (nSPS) is 13.9. The molecular formula is C28H32O. The lowest BCUT2D eigenvalue weighted by Gasteiger charge is -2.33. The van der Waals surface area contributed by atoms with Crippen molar-refractivity contribution in [1.82, 2.24) is 0 Å². The minimum atomic E-state index is 0.0907. The molecule has 3 aromatic rings. The Hall–Kier alpha value is -2.54. The maximum Gasteiger partial charge on any atom is 0.123 e. The molecule has 1 aliphatic rings. The third-order valence-electron chi connectivity index (χ3n) is 6.65. The number of phenols is 1. The Morgan fingerprint density at radius 1 is 0.724 bits per heavy atom. The second kappa shape index (κ2) is 8.06. The van der Waals surface area contributed by atoms with E-state index < -0.39 is 0 Å². The largest absolute Gasteiger partial charge is 0.507 e. The van der Waals surface area contributed by atoms with Crippen LogP contribution in [0.3, 0.4) is 0 Å². The smallest absolute Gasteiger partial charge is 0.123 e. The Labute approximate surface area is 175 Å². The number of hydrogen-bond acceptors (Lipinski definition) is 1. The van der Waals surface area contributed by atoms with Crippen LogP contribution < -0.4 is 0 Å². The average Bonchev–Trinajstić information content (AvgIpc) is 3.02. The van der Waals surface area contributed by atoms with Crippen LogP contribution in [0.1, 0.15) is 69.1 Å². The van der Waals surface area contributed by atoms with Gasteiger partial charge in [0, 0.05) is 11.0 Å². The summed E-state index contributed by atoms with van der Waals surface area (Å²) in [4.78, 5) is 0. The summed E-state index contributed by atoms with van der Waals surface area (Å²) in [5.41, 5.74) is 9.05. The highest BCUT2D eigenvalue weighted by Gasteiger charge is 2.42. The van der Waals surface area contributed by atoms with Gasteiger partial charge >= 0.3 is 0 Å². The fourth-order valence-corrected chi connectivity index (χ4v) is 5.12. The molecular weight excluding hydrogens is 352 g/mol. The first kappa shape index (κ1) is 19.8. The van der Waals surface area contributed by atoms with Gasteiger partial charge in [0.05, 0.1) is 0 Å². The first-order chi connectivity index (χ1) is 14.1. The Morgan fingerprint density at radius 3 is 2.14 bits per heavy atom. The van der Waals surface area contributed by atoms with Crippen LogP contribution in [0.5, 0.6) is 5.75 Å². The highest BCUT2D eigenvalue weighted by Crippen LogP contribution is 2.55. The summed E-state index contributed by atoms with van der Waals surface area (Å²) < 4.78 is 0. The van der Waals surface area contributed by atoms with Crippen LogP contribution in [0.25, 0.3) is 22.3 Å². The molecule has 1 aliphatic carbocycles. The van der Waals surface area contributed by atoms with Gasteiger partial charge in [-0.2, -0.15) is 0 Å². The van der Waals surface area contributed by atoms with E-state index in [4.69, 9.17) is 0 Å². The van der Waals surface area contributed by atoms with Crippen molar-refractivity contribution in [1.29, 1.82) is 0 Å². The van der Waals surface area contributed by atoms with E-state index in [0.717, 1.165) is 11.1 Å². The molecule has 0 bridgehead atoms. The fourth-order valence-electron chi connectivity index (χ4n) is 5.12. The number of aromatic hydroxyl groups is 1. The van der Waals surface area contributed by atoms with Gasteiger partial charge in [-0.15, -0.1) is 0 Å². The summed E-state index contributed by atoms with van der Waals surface area (Å²) in [6, 6.07) is 21.7. The van der Waals surface area contributed by atoms with E-state index in [1.54, 1.807) is 0 Å². The summed E-state index contributed by atoms with van der Waals surface area (Å²) in [6.07, 6.45) is 7.27. The molecule has 0 saturated heterocycles. The molecule has 4 rings (SSSR count). The van der Waals surface area contributed by atoms with Crippen molar-refractivity contribution in [2.24, 2.45) is 0 Å². The standard InChI is InChI=1S/C28H32O/c1-4-6-16-28(17-7-5-2)25-11-9-8-10-22(25)23-14-13-21(19-26(23)28)24-18-20(3)12-15-27(24)29/h8-15,18-19,29H,4-7,16-17H2,1-3H3. The number of fused-ring (bicyclic) bond motifs is 3. The lowest BCUT2D eigenvalue weighted by atomic mass is 9.70. The summed E-state index contributed by atoms with van der Waals surface area (Å²) in [5.74, 6) is 0.360. The number of benzene rings is 3. The topological polar surface area (TPSA) is 20.2 Å². The maximum atomic E-state index is 10.5. The Balaban J connectivity index is 1.93. The zero-order chi connectivity index (χ0) is 20.4. The van der Waals surface area contributed by atoms with Crippen LogP contribution in [0.15, 0.2) is 60.7 Å². The lowest BCUT2D eigenvalue weighted by molar-refractivity contribution is 0.414. The van der Waals surface area contributed by atoms with Crippen LogP contribution in [0.4, 0.5) is 0 Å². The average molecular weight is 385 g/mol. The molecule has 0 spiro atoms. The van der Waals surface area contributed by atoms with E-state index in [-0.39, 0.29) is 5.41 Å². The molecule has 0 fully saturated rings. The third kappa shape index (κ3) is 3.37. The first-order valence-electron chi connectivity index (χ1n) is 11.1. The van der Waals surface area contributed by atoms with Gasteiger partial charge in [-0.1, -0.05) is 87.6 Å². The summed E-state index contributed by atoms with van der Waals surface area (Å²) in [5, 5.41) is 10.5. The van der Waals surface area contributed by atoms with Crippen molar-refractivity contribution in [2.45, 2.75) is 64.7 Å². The second-order valence-corrected chi connectivity index (χ2v) is 8.62. The zero-order valence-electron chi connectivity index (χ0n) is 18.0. The molecule has 1 N–H and O–H groups in total. The number of hydrogen-bond donors (Lipinski definition) is 1.